The van der Waals surface area contributed by atoms with Gasteiger partial charge in [-0.3, -0.25) is 4.90 Å². The lowest BCUT2D eigenvalue weighted by atomic mass is 10.2. The molecule has 0 saturated heterocycles. The average Bonchev–Trinajstić information content (AvgIpc) is 2.80. The zero-order valence-electron chi connectivity index (χ0n) is 20.2. The van der Waals surface area contributed by atoms with Gasteiger partial charge >= 0.3 is 5.51 Å². The van der Waals surface area contributed by atoms with Crippen molar-refractivity contribution in [2.24, 2.45) is 0 Å². The Labute approximate surface area is 206 Å². The number of benzene rings is 3. The average molecular weight is 526 g/mol. The smallest absolute Gasteiger partial charge is 0.485 e. The van der Waals surface area contributed by atoms with Crippen molar-refractivity contribution < 1.29 is 26.1 Å². The lowest BCUT2D eigenvalue weighted by Crippen LogP contribution is -2.45. The SMILES string of the molecule is CC(C)N(C[P+](c1ccccc1)(c1ccccc1)c1ccccc1)C(C)C.O=S(=O)([O-])C(F)(F)F. The van der Waals surface area contributed by atoms with Crippen LogP contribution in [0.25, 0.3) is 0 Å². The normalized spacial score (nSPS) is 12.5. The van der Waals surface area contributed by atoms with Gasteiger partial charge < -0.3 is 4.55 Å². The van der Waals surface area contributed by atoms with Crippen molar-refractivity contribution >= 4 is 33.3 Å². The molecule has 0 fully saturated rings. The minimum absolute atomic E-state index is 0.500. The molecule has 0 aromatic heterocycles. The molecule has 0 saturated carbocycles. The maximum Gasteiger partial charge on any atom is 0.485 e. The second-order valence-corrected chi connectivity index (χ2v) is 13.4. The molecule has 3 aromatic carbocycles. The molecule has 9 heteroatoms. The topological polar surface area (TPSA) is 60.4 Å². The van der Waals surface area contributed by atoms with Gasteiger partial charge in [0.2, 0.25) is 0 Å². The Kier molecular flexibility index (Phi) is 10.0. The summed E-state index contributed by atoms with van der Waals surface area (Å²) in [6.07, 6.45) is 1.06. The van der Waals surface area contributed by atoms with E-state index < -0.39 is 22.9 Å². The summed E-state index contributed by atoms with van der Waals surface area (Å²) in [4.78, 5) is 2.65. The molecule has 0 aliphatic rings. The molecule has 0 spiro atoms. The summed E-state index contributed by atoms with van der Waals surface area (Å²) in [5.41, 5.74) is -5.65. The van der Waals surface area contributed by atoms with E-state index in [4.69, 9.17) is 13.0 Å². The quantitative estimate of drug-likeness (QED) is 0.245. The first-order chi connectivity index (χ1) is 16.3. The fraction of sp³-hybridized carbons (Fsp3) is 0.308. The molecule has 0 atom stereocenters. The molecule has 0 heterocycles. The number of rotatable bonds is 7. The highest BCUT2D eigenvalue weighted by molar-refractivity contribution is 7.95. The maximum absolute atomic E-state index is 10.7. The molecular weight excluding hydrogens is 494 g/mol. The summed E-state index contributed by atoms with van der Waals surface area (Å²) >= 11 is 0. The van der Waals surface area contributed by atoms with Crippen molar-refractivity contribution in [1.29, 1.82) is 0 Å². The van der Waals surface area contributed by atoms with Crippen molar-refractivity contribution in [3.05, 3.63) is 91.0 Å². The first kappa shape index (κ1) is 29.0. The summed E-state index contributed by atoms with van der Waals surface area (Å²) in [5, 5.41) is 4.36. The molecule has 0 bridgehead atoms. The first-order valence-electron chi connectivity index (χ1n) is 11.1. The second kappa shape index (κ2) is 12.1. The first-order valence-corrected chi connectivity index (χ1v) is 14.5. The molecule has 0 radical (unpaired) electrons. The molecule has 0 unspecified atom stereocenters. The van der Waals surface area contributed by atoms with E-state index in [-0.39, 0.29) is 0 Å². The van der Waals surface area contributed by atoms with Crippen LogP contribution in [0.5, 0.6) is 0 Å². The molecule has 4 nitrogen and oxygen atoms in total. The van der Waals surface area contributed by atoms with E-state index in [1.54, 1.807) is 0 Å². The number of nitrogens with zero attached hydrogens (tertiary/aromatic N) is 1. The fourth-order valence-electron chi connectivity index (χ4n) is 3.91. The van der Waals surface area contributed by atoms with Gasteiger partial charge in [0.25, 0.3) is 0 Å². The monoisotopic (exact) mass is 525 g/mol. The summed E-state index contributed by atoms with van der Waals surface area (Å²) in [6, 6.07) is 34.4. The third kappa shape index (κ3) is 7.37. The minimum atomic E-state index is -6.09. The highest BCUT2D eigenvalue weighted by Crippen LogP contribution is 2.56. The van der Waals surface area contributed by atoms with E-state index in [2.05, 4.69) is 124 Å². The Hall–Kier alpha value is -2.25. The van der Waals surface area contributed by atoms with Crippen LogP contribution in [-0.4, -0.2) is 41.7 Å². The van der Waals surface area contributed by atoms with Crippen LogP contribution in [0.4, 0.5) is 13.2 Å². The number of alkyl halides is 3. The molecule has 3 rings (SSSR count). The van der Waals surface area contributed by atoms with E-state index in [9.17, 15) is 13.2 Å². The largest absolute Gasteiger partial charge is 0.741 e. The minimum Gasteiger partial charge on any atom is -0.741 e. The molecular formula is C26H31F3NO3PS. The maximum atomic E-state index is 10.7. The molecule has 0 aliphatic carbocycles. The summed E-state index contributed by atoms with van der Waals surface area (Å²) in [5.74, 6) is 0. The Morgan fingerprint density at radius 2 is 0.971 bits per heavy atom. The number of hydrogen-bond acceptors (Lipinski definition) is 4. The van der Waals surface area contributed by atoms with Crippen molar-refractivity contribution in [3.8, 4) is 0 Å². The second-order valence-electron chi connectivity index (χ2n) is 8.56. The van der Waals surface area contributed by atoms with Crippen molar-refractivity contribution in [2.75, 3.05) is 6.29 Å². The number of halogens is 3. The van der Waals surface area contributed by atoms with E-state index >= 15 is 0 Å². The van der Waals surface area contributed by atoms with E-state index in [0.717, 1.165) is 6.29 Å². The Bertz CT molecular complexity index is 1040. The molecule has 0 amide bonds. The van der Waals surface area contributed by atoms with Crippen LogP contribution in [0.2, 0.25) is 0 Å². The fourth-order valence-corrected chi connectivity index (χ4v) is 8.48. The highest BCUT2D eigenvalue weighted by atomic mass is 32.2. The number of hydrogen-bond donors (Lipinski definition) is 0. The zero-order valence-corrected chi connectivity index (χ0v) is 21.9. The van der Waals surface area contributed by atoms with Gasteiger partial charge in [0.1, 0.15) is 29.5 Å². The highest BCUT2D eigenvalue weighted by Gasteiger charge is 2.47. The Balaban J connectivity index is 0.000000466. The Morgan fingerprint density at radius 1 is 0.714 bits per heavy atom. The van der Waals surface area contributed by atoms with Crippen LogP contribution in [0.3, 0.4) is 0 Å². The zero-order chi connectivity index (χ0) is 26.3. The molecule has 0 N–H and O–H groups in total. The van der Waals surface area contributed by atoms with E-state index in [1.807, 2.05) is 0 Å². The third-order valence-electron chi connectivity index (χ3n) is 5.58. The van der Waals surface area contributed by atoms with Gasteiger partial charge in [0.05, 0.1) is 0 Å². The van der Waals surface area contributed by atoms with Crippen molar-refractivity contribution in [1.82, 2.24) is 4.90 Å². The molecule has 0 aliphatic heterocycles. The lowest BCUT2D eigenvalue weighted by Gasteiger charge is -2.37. The molecule has 3 aromatic rings. The molecule has 35 heavy (non-hydrogen) atoms. The summed E-state index contributed by atoms with van der Waals surface area (Å²) < 4.78 is 58.9. The predicted molar refractivity (Wildman–Crippen MR) is 138 cm³/mol. The van der Waals surface area contributed by atoms with Gasteiger partial charge in [-0.25, -0.2) is 8.42 Å². The van der Waals surface area contributed by atoms with Gasteiger partial charge in [0, 0.05) is 12.1 Å². The Morgan fingerprint density at radius 3 is 1.17 bits per heavy atom. The van der Waals surface area contributed by atoms with Crippen LogP contribution in [0.1, 0.15) is 27.7 Å². The van der Waals surface area contributed by atoms with Crippen LogP contribution in [-0.2, 0) is 10.1 Å². The van der Waals surface area contributed by atoms with Gasteiger partial charge in [0.15, 0.2) is 10.1 Å². The predicted octanol–water partition coefficient (Wildman–Crippen LogP) is 5.11. The van der Waals surface area contributed by atoms with Crippen molar-refractivity contribution in [3.63, 3.8) is 0 Å². The van der Waals surface area contributed by atoms with Crippen LogP contribution in [0.15, 0.2) is 91.0 Å². The summed E-state index contributed by atoms with van der Waals surface area (Å²) in [7, 11) is -7.88. The van der Waals surface area contributed by atoms with Crippen molar-refractivity contribution in [2.45, 2.75) is 45.3 Å². The van der Waals surface area contributed by atoms with Gasteiger partial charge in [-0.05, 0) is 64.1 Å². The molecule has 190 valence electrons. The standard InChI is InChI=1S/C25H31NP.CHF3O3S/c1-21(2)26(22(3)4)20-27(23-14-8-5-9-15-23,24-16-10-6-11-17-24)25-18-12-7-13-19-25;2-1(3,4)8(5,6)7/h5-19,21-22H,20H2,1-4H3;(H,5,6,7)/q+1;/p-1. The van der Waals surface area contributed by atoms with Crippen LogP contribution < -0.4 is 15.9 Å². The van der Waals surface area contributed by atoms with Crippen LogP contribution >= 0.6 is 7.26 Å². The van der Waals surface area contributed by atoms with Gasteiger partial charge in [-0.1, -0.05) is 54.6 Å². The lowest BCUT2D eigenvalue weighted by molar-refractivity contribution is -0.0517. The van der Waals surface area contributed by atoms with E-state index in [1.165, 1.54) is 15.9 Å². The third-order valence-corrected chi connectivity index (χ3v) is 10.4. The van der Waals surface area contributed by atoms with Gasteiger partial charge in [-0.15, -0.1) is 0 Å². The van der Waals surface area contributed by atoms with Gasteiger partial charge in [-0.2, -0.15) is 13.2 Å². The van der Waals surface area contributed by atoms with E-state index in [0.29, 0.717) is 12.1 Å². The van der Waals surface area contributed by atoms with Crippen LogP contribution in [0, 0.1) is 0 Å². The summed E-state index contributed by atoms with van der Waals surface area (Å²) in [6.45, 7) is 9.26.